The lowest BCUT2D eigenvalue weighted by Gasteiger charge is -2.20. The van der Waals surface area contributed by atoms with Crippen molar-refractivity contribution in [3.8, 4) is 0 Å². The maximum absolute atomic E-state index is 13.0. The van der Waals surface area contributed by atoms with Crippen molar-refractivity contribution in [3.63, 3.8) is 0 Å². The van der Waals surface area contributed by atoms with Gasteiger partial charge in [0.15, 0.2) is 0 Å². The van der Waals surface area contributed by atoms with E-state index >= 15 is 0 Å². The molecule has 2 aromatic carbocycles. The van der Waals surface area contributed by atoms with Crippen molar-refractivity contribution in [1.29, 1.82) is 0 Å². The third-order valence-electron chi connectivity index (χ3n) is 3.93. The smallest absolute Gasteiger partial charge is 0.123 e. The van der Waals surface area contributed by atoms with Gasteiger partial charge in [-0.1, -0.05) is 37.3 Å². The SMILES string of the molecule is CCCNC(Cc1ccc(F)cc1)c1ccc(C)c(C)c1. The van der Waals surface area contributed by atoms with Gasteiger partial charge in [0.1, 0.15) is 5.82 Å². The van der Waals surface area contributed by atoms with Gasteiger partial charge in [-0.15, -0.1) is 0 Å². The highest BCUT2D eigenvalue weighted by atomic mass is 19.1. The monoisotopic (exact) mass is 285 g/mol. The Labute approximate surface area is 127 Å². The van der Waals surface area contributed by atoms with Gasteiger partial charge in [-0.05, 0) is 67.6 Å². The van der Waals surface area contributed by atoms with Crippen LogP contribution in [0.2, 0.25) is 0 Å². The van der Waals surface area contributed by atoms with Gasteiger partial charge in [-0.2, -0.15) is 0 Å². The third-order valence-corrected chi connectivity index (χ3v) is 3.93. The molecule has 0 bridgehead atoms. The standard InChI is InChI=1S/C19H24FN/c1-4-11-21-19(13-16-6-9-18(20)10-7-16)17-8-5-14(2)15(3)12-17/h5-10,12,19,21H,4,11,13H2,1-3H3. The Kier molecular flexibility index (Phi) is 5.51. The molecule has 0 fully saturated rings. The lowest BCUT2D eigenvalue weighted by Crippen LogP contribution is -2.24. The molecule has 1 atom stereocenters. The minimum atomic E-state index is -0.178. The topological polar surface area (TPSA) is 12.0 Å². The molecule has 0 aliphatic rings. The molecule has 0 aliphatic carbocycles. The Bertz CT molecular complexity index is 575. The second-order valence-corrected chi connectivity index (χ2v) is 5.68. The fourth-order valence-corrected chi connectivity index (χ4v) is 2.46. The molecule has 0 saturated heterocycles. The Morgan fingerprint density at radius 1 is 1.00 bits per heavy atom. The van der Waals surface area contributed by atoms with Crippen molar-refractivity contribution >= 4 is 0 Å². The highest BCUT2D eigenvalue weighted by Gasteiger charge is 2.12. The fraction of sp³-hybridized carbons (Fsp3) is 0.368. The molecule has 112 valence electrons. The summed E-state index contributed by atoms with van der Waals surface area (Å²) in [6.45, 7) is 7.43. The van der Waals surface area contributed by atoms with Gasteiger partial charge in [0.25, 0.3) is 0 Å². The van der Waals surface area contributed by atoms with Crippen molar-refractivity contribution in [2.45, 2.75) is 39.7 Å². The van der Waals surface area contributed by atoms with Gasteiger partial charge in [-0.3, -0.25) is 0 Å². The van der Waals surface area contributed by atoms with Crippen LogP contribution in [-0.2, 0) is 6.42 Å². The number of halogens is 1. The maximum Gasteiger partial charge on any atom is 0.123 e. The summed E-state index contributed by atoms with van der Waals surface area (Å²) in [6.07, 6.45) is 1.98. The van der Waals surface area contributed by atoms with Crippen LogP contribution in [0.3, 0.4) is 0 Å². The van der Waals surface area contributed by atoms with Gasteiger partial charge in [0, 0.05) is 6.04 Å². The molecule has 1 N–H and O–H groups in total. The van der Waals surface area contributed by atoms with E-state index in [1.165, 1.54) is 28.8 Å². The van der Waals surface area contributed by atoms with Crippen molar-refractivity contribution in [2.75, 3.05) is 6.54 Å². The van der Waals surface area contributed by atoms with Crippen LogP contribution in [0.25, 0.3) is 0 Å². The van der Waals surface area contributed by atoms with Crippen LogP contribution < -0.4 is 5.32 Å². The van der Waals surface area contributed by atoms with E-state index in [2.05, 4.69) is 44.3 Å². The van der Waals surface area contributed by atoms with Gasteiger partial charge in [-0.25, -0.2) is 4.39 Å². The first kappa shape index (κ1) is 15.7. The molecule has 0 amide bonds. The Morgan fingerprint density at radius 3 is 2.33 bits per heavy atom. The zero-order valence-electron chi connectivity index (χ0n) is 13.1. The predicted octanol–water partition coefficient (Wildman–Crippen LogP) is 4.73. The summed E-state index contributed by atoms with van der Waals surface area (Å²) in [4.78, 5) is 0. The molecule has 1 unspecified atom stereocenters. The highest BCUT2D eigenvalue weighted by molar-refractivity contribution is 5.33. The molecular formula is C19H24FN. The summed E-state index contributed by atoms with van der Waals surface area (Å²) in [5, 5.41) is 3.60. The molecule has 0 saturated carbocycles. The van der Waals surface area contributed by atoms with E-state index in [1.54, 1.807) is 0 Å². The van der Waals surface area contributed by atoms with Crippen LogP contribution >= 0.6 is 0 Å². The number of rotatable bonds is 6. The maximum atomic E-state index is 13.0. The van der Waals surface area contributed by atoms with Crippen molar-refractivity contribution in [2.24, 2.45) is 0 Å². The van der Waals surface area contributed by atoms with Gasteiger partial charge in [0.2, 0.25) is 0 Å². The molecular weight excluding hydrogens is 261 g/mol. The molecule has 0 heterocycles. The van der Waals surface area contributed by atoms with Crippen LogP contribution in [0.15, 0.2) is 42.5 Å². The minimum absolute atomic E-state index is 0.178. The van der Waals surface area contributed by atoms with Gasteiger partial charge in [0.05, 0.1) is 0 Å². The first-order chi connectivity index (χ1) is 10.1. The number of hydrogen-bond donors (Lipinski definition) is 1. The lowest BCUT2D eigenvalue weighted by molar-refractivity contribution is 0.528. The van der Waals surface area contributed by atoms with E-state index in [0.29, 0.717) is 0 Å². The number of hydrogen-bond acceptors (Lipinski definition) is 1. The zero-order chi connectivity index (χ0) is 15.2. The highest BCUT2D eigenvalue weighted by Crippen LogP contribution is 2.21. The van der Waals surface area contributed by atoms with E-state index in [4.69, 9.17) is 0 Å². The van der Waals surface area contributed by atoms with Crippen LogP contribution in [0.1, 0.15) is 41.6 Å². The van der Waals surface area contributed by atoms with E-state index in [-0.39, 0.29) is 11.9 Å². The number of aryl methyl sites for hydroxylation is 2. The van der Waals surface area contributed by atoms with Crippen LogP contribution in [0.4, 0.5) is 4.39 Å². The molecule has 0 radical (unpaired) electrons. The Hall–Kier alpha value is -1.67. The summed E-state index contributed by atoms with van der Waals surface area (Å²) in [6, 6.07) is 13.7. The average molecular weight is 285 g/mol. The number of nitrogens with one attached hydrogen (secondary N) is 1. The molecule has 0 aromatic heterocycles. The van der Waals surface area contributed by atoms with Crippen LogP contribution in [0, 0.1) is 19.7 Å². The van der Waals surface area contributed by atoms with E-state index in [0.717, 1.165) is 24.9 Å². The Balaban J connectivity index is 2.20. The minimum Gasteiger partial charge on any atom is -0.310 e. The first-order valence-corrected chi connectivity index (χ1v) is 7.65. The fourth-order valence-electron chi connectivity index (χ4n) is 2.46. The third kappa shape index (κ3) is 4.40. The average Bonchev–Trinajstić information content (AvgIpc) is 2.48. The normalized spacial score (nSPS) is 12.4. The van der Waals surface area contributed by atoms with Crippen molar-refractivity contribution in [3.05, 3.63) is 70.5 Å². The van der Waals surface area contributed by atoms with Gasteiger partial charge < -0.3 is 5.32 Å². The van der Waals surface area contributed by atoms with Crippen molar-refractivity contribution in [1.82, 2.24) is 5.32 Å². The zero-order valence-corrected chi connectivity index (χ0v) is 13.1. The largest absolute Gasteiger partial charge is 0.310 e. The van der Waals surface area contributed by atoms with Crippen LogP contribution in [-0.4, -0.2) is 6.54 Å². The molecule has 0 spiro atoms. The van der Waals surface area contributed by atoms with E-state index < -0.39 is 0 Å². The van der Waals surface area contributed by atoms with Crippen LogP contribution in [0.5, 0.6) is 0 Å². The number of benzene rings is 2. The molecule has 1 nitrogen and oxygen atoms in total. The second kappa shape index (κ2) is 7.37. The molecule has 2 aromatic rings. The molecule has 21 heavy (non-hydrogen) atoms. The summed E-state index contributed by atoms with van der Waals surface area (Å²) in [5.41, 5.74) is 5.09. The molecule has 2 heteroatoms. The lowest BCUT2D eigenvalue weighted by atomic mass is 9.96. The summed E-state index contributed by atoms with van der Waals surface area (Å²) in [5.74, 6) is -0.178. The quantitative estimate of drug-likeness (QED) is 0.809. The van der Waals surface area contributed by atoms with E-state index in [1.807, 2.05) is 12.1 Å². The molecule has 2 rings (SSSR count). The molecule has 0 aliphatic heterocycles. The van der Waals surface area contributed by atoms with E-state index in [9.17, 15) is 4.39 Å². The van der Waals surface area contributed by atoms with Gasteiger partial charge >= 0.3 is 0 Å². The summed E-state index contributed by atoms with van der Waals surface area (Å²) in [7, 11) is 0. The predicted molar refractivity (Wildman–Crippen MR) is 87.1 cm³/mol. The first-order valence-electron chi connectivity index (χ1n) is 7.65. The Morgan fingerprint density at radius 2 is 1.71 bits per heavy atom. The van der Waals surface area contributed by atoms with Crippen molar-refractivity contribution < 1.29 is 4.39 Å². The summed E-state index contributed by atoms with van der Waals surface area (Å²) < 4.78 is 13.0. The second-order valence-electron chi connectivity index (χ2n) is 5.68. The summed E-state index contributed by atoms with van der Waals surface area (Å²) >= 11 is 0.